The van der Waals surface area contributed by atoms with Crippen molar-refractivity contribution in [3.8, 4) is 0 Å². The molecule has 0 spiro atoms. The van der Waals surface area contributed by atoms with Crippen LogP contribution in [0.4, 0.5) is 16.2 Å². The number of nitrogens with zero attached hydrogens (tertiary/aromatic N) is 4. The Morgan fingerprint density at radius 1 is 0.931 bits per heavy atom. The number of carbonyl (C=O) groups excluding carboxylic acids is 2. The Kier molecular flexibility index (Phi) is 5.19. The van der Waals surface area contributed by atoms with Crippen molar-refractivity contribution in [3.05, 3.63) is 58.9 Å². The van der Waals surface area contributed by atoms with Gasteiger partial charge in [-0.05, 0) is 37.1 Å². The van der Waals surface area contributed by atoms with E-state index < -0.39 is 5.91 Å². The lowest BCUT2D eigenvalue weighted by Gasteiger charge is -2.18. The summed E-state index contributed by atoms with van der Waals surface area (Å²) in [7, 11) is 0. The zero-order valence-electron chi connectivity index (χ0n) is 15.7. The standard InChI is InChI=1S/C20H20N6O3/c27-18(13-26-19(28)14-7-1-2-8-15(14)23-24-26)21-16-9-3-4-10-17(16)22-20(29)25-11-5-6-12-25/h1-4,7-10H,5-6,11-13H2,(H,21,27)(H,22,29). The minimum atomic E-state index is -0.445. The second kappa shape index (κ2) is 8.09. The van der Waals surface area contributed by atoms with Crippen LogP contribution in [0.3, 0.4) is 0 Å². The Morgan fingerprint density at radius 3 is 2.34 bits per heavy atom. The summed E-state index contributed by atoms with van der Waals surface area (Å²) in [4.78, 5) is 39.1. The molecular weight excluding hydrogens is 372 g/mol. The van der Waals surface area contributed by atoms with Gasteiger partial charge in [0, 0.05) is 13.1 Å². The highest BCUT2D eigenvalue weighted by molar-refractivity contribution is 5.99. The molecule has 2 aromatic carbocycles. The largest absolute Gasteiger partial charge is 0.325 e. The van der Waals surface area contributed by atoms with Crippen LogP contribution in [-0.4, -0.2) is 44.9 Å². The van der Waals surface area contributed by atoms with Crippen LogP contribution in [0.15, 0.2) is 53.3 Å². The Hall–Kier alpha value is -3.75. The summed E-state index contributed by atoms with van der Waals surface area (Å²) in [6, 6.07) is 13.6. The van der Waals surface area contributed by atoms with E-state index in [-0.39, 0.29) is 18.1 Å². The minimum Gasteiger partial charge on any atom is -0.325 e. The molecule has 3 amide bonds. The smallest absolute Gasteiger partial charge is 0.321 e. The molecule has 9 nitrogen and oxygen atoms in total. The molecule has 3 aromatic rings. The molecule has 0 radical (unpaired) electrons. The van der Waals surface area contributed by atoms with Gasteiger partial charge in [0.05, 0.1) is 16.8 Å². The Balaban J connectivity index is 1.48. The molecule has 29 heavy (non-hydrogen) atoms. The summed E-state index contributed by atoms with van der Waals surface area (Å²) in [5.41, 5.74) is 1.03. The number of hydrogen-bond donors (Lipinski definition) is 2. The van der Waals surface area contributed by atoms with Gasteiger partial charge in [0.2, 0.25) is 5.91 Å². The van der Waals surface area contributed by atoms with E-state index in [2.05, 4.69) is 20.9 Å². The summed E-state index contributed by atoms with van der Waals surface area (Å²) in [5.74, 6) is -0.445. The monoisotopic (exact) mass is 392 g/mol. The van der Waals surface area contributed by atoms with Crippen LogP contribution in [0.25, 0.3) is 10.9 Å². The van der Waals surface area contributed by atoms with Crippen LogP contribution in [0.5, 0.6) is 0 Å². The van der Waals surface area contributed by atoms with Gasteiger partial charge in [0.15, 0.2) is 0 Å². The first kappa shape index (κ1) is 18.6. The van der Waals surface area contributed by atoms with Crippen LogP contribution in [0.1, 0.15) is 12.8 Å². The van der Waals surface area contributed by atoms with Gasteiger partial charge in [-0.3, -0.25) is 9.59 Å². The molecule has 0 aliphatic carbocycles. The zero-order valence-corrected chi connectivity index (χ0v) is 15.7. The molecule has 148 valence electrons. The Morgan fingerprint density at radius 2 is 1.59 bits per heavy atom. The van der Waals surface area contributed by atoms with Crippen molar-refractivity contribution in [2.45, 2.75) is 19.4 Å². The molecule has 1 saturated heterocycles. The van der Waals surface area contributed by atoms with Crippen LogP contribution in [-0.2, 0) is 11.3 Å². The number of likely N-dealkylation sites (tertiary alicyclic amines) is 1. The number of amides is 3. The highest BCUT2D eigenvalue weighted by Gasteiger charge is 2.19. The third-order valence-corrected chi connectivity index (χ3v) is 4.76. The van der Waals surface area contributed by atoms with Gasteiger partial charge in [0.25, 0.3) is 5.56 Å². The maximum Gasteiger partial charge on any atom is 0.321 e. The van der Waals surface area contributed by atoms with E-state index in [1.165, 1.54) is 0 Å². The number of anilines is 2. The van der Waals surface area contributed by atoms with Gasteiger partial charge < -0.3 is 15.5 Å². The van der Waals surface area contributed by atoms with Crippen molar-refractivity contribution in [1.82, 2.24) is 19.9 Å². The highest BCUT2D eigenvalue weighted by atomic mass is 16.2. The van der Waals surface area contributed by atoms with Gasteiger partial charge in [-0.15, -0.1) is 5.10 Å². The van der Waals surface area contributed by atoms with Crippen molar-refractivity contribution >= 4 is 34.2 Å². The maximum absolute atomic E-state index is 12.5. The van der Waals surface area contributed by atoms with Crippen LogP contribution in [0, 0.1) is 0 Å². The minimum absolute atomic E-state index is 0.194. The van der Waals surface area contributed by atoms with Gasteiger partial charge in [-0.1, -0.05) is 29.5 Å². The van der Waals surface area contributed by atoms with Crippen molar-refractivity contribution < 1.29 is 9.59 Å². The number of aromatic nitrogens is 3. The molecule has 9 heteroatoms. The van der Waals surface area contributed by atoms with Gasteiger partial charge in [-0.2, -0.15) is 0 Å². The molecule has 0 bridgehead atoms. The molecule has 1 aliphatic rings. The van der Waals surface area contributed by atoms with E-state index in [9.17, 15) is 14.4 Å². The third kappa shape index (κ3) is 4.08. The highest BCUT2D eigenvalue weighted by Crippen LogP contribution is 2.22. The third-order valence-electron chi connectivity index (χ3n) is 4.76. The average molecular weight is 392 g/mol. The lowest BCUT2D eigenvalue weighted by Crippen LogP contribution is -2.33. The second-order valence-electron chi connectivity index (χ2n) is 6.79. The predicted octanol–water partition coefficient (Wildman–Crippen LogP) is 2.06. The molecule has 2 heterocycles. The fourth-order valence-electron chi connectivity index (χ4n) is 3.27. The first-order valence-corrected chi connectivity index (χ1v) is 9.39. The first-order chi connectivity index (χ1) is 14.1. The number of hydrogen-bond acceptors (Lipinski definition) is 5. The number of para-hydroxylation sites is 2. The quantitative estimate of drug-likeness (QED) is 0.706. The van der Waals surface area contributed by atoms with E-state index in [4.69, 9.17) is 0 Å². The fraction of sp³-hybridized carbons (Fsp3) is 0.250. The molecule has 0 atom stereocenters. The number of benzene rings is 2. The average Bonchev–Trinajstić information content (AvgIpc) is 3.27. The SMILES string of the molecule is O=C(Cn1nnc2ccccc2c1=O)Nc1ccccc1NC(=O)N1CCCC1. The number of rotatable bonds is 4. The van der Waals surface area contributed by atoms with E-state index in [1.54, 1.807) is 53.4 Å². The van der Waals surface area contributed by atoms with Crippen molar-refractivity contribution in [2.75, 3.05) is 23.7 Å². The molecule has 0 saturated carbocycles. The lowest BCUT2D eigenvalue weighted by atomic mass is 10.2. The molecular formula is C20H20N6O3. The zero-order chi connectivity index (χ0) is 20.2. The Bertz CT molecular complexity index is 1120. The lowest BCUT2D eigenvalue weighted by molar-refractivity contribution is -0.117. The van der Waals surface area contributed by atoms with Crippen LogP contribution >= 0.6 is 0 Å². The fourth-order valence-corrected chi connectivity index (χ4v) is 3.27. The molecule has 1 aliphatic heterocycles. The summed E-state index contributed by atoms with van der Waals surface area (Å²) < 4.78 is 1.02. The molecule has 4 rings (SSSR count). The summed E-state index contributed by atoms with van der Waals surface area (Å²) in [5, 5.41) is 13.8. The molecule has 0 unspecified atom stereocenters. The number of nitrogens with one attached hydrogen (secondary N) is 2. The second-order valence-corrected chi connectivity index (χ2v) is 6.79. The van der Waals surface area contributed by atoms with Crippen molar-refractivity contribution in [1.29, 1.82) is 0 Å². The van der Waals surface area contributed by atoms with Gasteiger partial charge >= 0.3 is 6.03 Å². The number of carbonyl (C=O) groups is 2. The molecule has 2 N–H and O–H groups in total. The number of fused-ring (bicyclic) bond motifs is 1. The maximum atomic E-state index is 12.5. The van der Waals surface area contributed by atoms with E-state index in [0.29, 0.717) is 22.3 Å². The normalized spacial score (nSPS) is 13.4. The summed E-state index contributed by atoms with van der Waals surface area (Å²) in [6.07, 6.45) is 1.99. The van der Waals surface area contributed by atoms with E-state index in [0.717, 1.165) is 30.6 Å². The van der Waals surface area contributed by atoms with Crippen LogP contribution in [0.2, 0.25) is 0 Å². The van der Waals surface area contributed by atoms with Gasteiger partial charge in [0.1, 0.15) is 12.1 Å². The van der Waals surface area contributed by atoms with Gasteiger partial charge in [-0.25, -0.2) is 9.48 Å². The topological polar surface area (TPSA) is 109 Å². The molecule has 1 fully saturated rings. The van der Waals surface area contributed by atoms with Crippen LogP contribution < -0.4 is 16.2 Å². The first-order valence-electron chi connectivity index (χ1n) is 9.39. The Labute approximate surface area is 166 Å². The van der Waals surface area contributed by atoms with E-state index in [1.807, 2.05) is 0 Å². The van der Waals surface area contributed by atoms with Crippen molar-refractivity contribution in [3.63, 3.8) is 0 Å². The molecule has 1 aromatic heterocycles. The van der Waals surface area contributed by atoms with E-state index >= 15 is 0 Å². The number of urea groups is 1. The summed E-state index contributed by atoms with van der Waals surface area (Å²) >= 11 is 0. The van der Waals surface area contributed by atoms with Crippen molar-refractivity contribution in [2.24, 2.45) is 0 Å². The predicted molar refractivity (Wildman–Crippen MR) is 109 cm³/mol. The summed E-state index contributed by atoms with van der Waals surface area (Å²) in [6.45, 7) is 1.17.